The minimum atomic E-state index is -2.23. The predicted molar refractivity (Wildman–Crippen MR) is 122 cm³/mol. The van der Waals surface area contributed by atoms with E-state index in [-0.39, 0.29) is 10.4 Å². The molecular formula is C24H25BrOP+. The highest BCUT2D eigenvalue weighted by Gasteiger charge is 2.56. The Bertz CT molecular complexity index is 789. The standard InChI is InChI=1S/C24H25BrOP/c1-24(2,3)22(26)23(25)27(19-13-7-4-8-14-19,20-15-9-5-10-16-20)21-17-11-6-12-18-21/h4-18,23H,1-3H3/q+1. The van der Waals surface area contributed by atoms with Crippen LogP contribution in [0, 0.1) is 5.41 Å². The van der Waals surface area contributed by atoms with Gasteiger partial charge in [0.25, 0.3) is 0 Å². The van der Waals surface area contributed by atoms with Crippen LogP contribution in [-0.2, 0) is 4.79 Å². The average Bonchev–Trinajstić information content (AvgIpc) is 2.70. The summed E-state index contributed by atoms with van der Waals surface area (Å²) in [5.74, 6) is 0.229. The summed E-state index contributed by atoms with van der Waals surface area (Å²) in [5, 5.41) is 3.63. The van der Waals surface area contributed by atoms with Gasteiger partial charge in [-0.1, -0.05) is 75.4 Å². The Hall–Kier alpha value is -1.76. The van der Waals surface area contributed by atoms with Crippen molar-refractivity contribution in [3.05, 3.63) is 91.0 Å². The van der Waals surface area contributed by atoms with Crippen LogP contribution in [0.4, 0.5) is 0 Å². The van der Waals surface area contributed by atoms with Crippen LogP contribution >= 0.6 is 23.2 Å². The molecule has 0 bridgehead atoms. The predicted octanol–water partition coefficient (Wildman–Crippen LogP) is 5.32. The second-order valence-corrected chi connectivity index (χ2v) is 12.8. The van der Waals surface area contributed by atoms with Gasteiger partial charge in [0.2, 0.25) is 0 Å². The van der Waals surface area contributed by atoms with Crippen LogP contribution in [0.15, 0.2) is 91.0 Å². The molecule has 0 aliphatic rings. The molecule has 0 aliphatic carbocycles. The van der Waals surface area contributed by atoms with E-state index in [1.54, 1.807) is 0 Å². The summed E-state index contributed by atoms with van der Waals surface area (Å²) in [5.41, 5.74) is -0.433. The van der Waals surface area contributed by atoms with E-state index >= 15 is 0 Å². The first kappa shape index (κ1) is 20.0. The van der Waals surface area contributed by atoms with Gasteiger partial charge in [0, 0.05) is 5.41 Å². The van der Waals surface area contributed by atoms with Gasteiger partial charge < -0.3 is 0 Å². The highest BCUT2D eigenvalue weighted by molar-refractivity contribution is 9.11. The lowest BCUT2D eigenvalue weighted by Crippen LogP contribution is -2.42. The summed E-state index contributed by atoms with van der Waals surface area (Å²) < 4.78 is -0.294. The number of Topliss-reactive ketones (excluding diaryl/α,β-unsaturated/α-hetero) is 1. The van der Waals surface area contributed by atoms with E-state index in [0.29, 0.717) is 0 Å². The fourth-order valence-corrected chi connectivity index (χ4v) is 10.5. The quantitative estimate of drug-likeness (QED) is 0.388. The summed E-state index contributed by atoms with van der Waals surface area (Å²) in [6.07, 6.45) is 0. The van der Waals surface area contributed by atoms with E-state index in [1.165, 1.54) is 15.9 Å². The molecule has 27 heavy (non-hydrogen) atoms. The van der Waals surface area contributed by atoms with Gasteiger partial charge in [-0.05, 0) is 52.3 Å². The number of carbonyl (C=O) groups is 1. The minimum Gasteiger partial charge on any atom is -0.294 e. The number of hydrogen-bond donors (Lipinski definition) is 0. The second-order valence-electron chi connectivity index (χ2n) is 7.68. The largest absolute Gasteiger partial charge is 0.294 e. The molecule has 3 aromatic carbocycles. The van der Waals surface area contributed by atoms with Crippen molar-refractivity contribution < 1.29 is 4.79 Å². The third kappa shape index (κ3) is 3.79. The van der Waals surface area contributed by atoms with E-state index in [1.807, 2.05) is 39.0 Å². The van der Waals surface area contributed by atoms with Gasteiger partial charge in [0.15, 0.2) is 10.4 Å². The third-order valence-corrected chi connectivity index (χ3v) is 11.3. The van der Waals surface area contributed by atoms with Crippen LogP contribution in [0.5, 0.6) is 0 Å². The lowest BCUT2D eigenvalue weighted by atomic mass is 9.92. The molecule has 0 heterocycles. The first-order valence-electron chi connectivity index (χ1n) is 9.12. The van der Waals surface area contributed by atoms with E-state index < -0.39 is 12.7 Å². The number of alkyl halides is 1. The van der Waals surface area contributed by atoms with Crippen molar-refractivity contribution in [3.63, 3.8) is 0 Å². The highest BCUT2D eigenvalue weighted by Crippen LogP contribution is 2.63. The Morgan fingerprint density at radius 3 is 1.26 bits per heavy atom. The molecule has 0 aliphatic heterocycles. The van der Waals surface area contributed by atoms with E-state index in [9.17, 15) is 4.79 Å². The van der Waals surface area contributed by atoms with Gasteiger partial charge in [0.05, 0.1) is 0 Å². The fraction of sp³-hybridized carbons (Fsp3) is 0.208. The number of benzene rings is 3. The molecule has 1 atom stereocenters. The van der Waals surface area contributed by atoms with Crippen molar-refractivity contribution >= 4 is 44.9 Å². The van der Waals surface area contributed by atoms with Gasteiger partial charge >= 0.3 is 0 Å². The lowest BCUT2D eigenvalue weighted by molar-refractivity contribution is -0.124. The minimum absolute atomic E-state index is 0.229. The zero-order chi connectivity index (χ0) is 19.5. The van der Waals surface area contributed by atoms with Gasteiger partial charge in [-0.3, -0.25) is 4.79 Å². The molecule has 138 valence electrons. The van der Waals surface area contributed by atoms with Gasteiger partial charge in [0.1, 0.15) is 23.2 Å². The smallest absolute Gasteiger partial charge is 0.195 e. The zero-order valence-electron chi connectivity index (χ0n) is 16.0. The van der Waals surface area contributed by atoms with Crippen LogP contribution < -0.4 is 15.9 Å². The average molecular weight is 440 g/mol. The van der Waals surface area contributed by atoms with Gasteiger partial charge in [-0.25, -0.2) is 0 Å². The number of halogens is 1. The monoisotopic (exact) mass is 439 g/mol. The maximum atomic E-state index is 13.5. The van der Waals surface area contributed by atoms with Crippen molar-refractivity contribution in [1.82, 2.24) is 0 Å². The molecule has 1 unspecified atom stereocenters. The maximum absolute atomic E-state index is 13.5. The Labute approximate surface area is 171 Å². The van der Waals surface area contributed by atoms with Crippen molar-refractivity contribution in [2.24, 2.45) is 5.41 Å². The summed E-state index contributed by atoms with van der Waals surface area (Å²) in [4.78, 5) is 13.5. The molecule has 0 saturated carbocycles. The SMILES string of the molecule is CC(C)(C)C(=O)C(Br)[P+](c1ccccc1)(c1ccccc1)c1ccccc1. The Kier molecular flexibility index (Phi) is 5.99. The molecule has 3 rings (SSSR count). The van der Waals surface area contributed by atoms with Crippen LogP contribution in [0.2, 0.25) is 0 Å². The van der Waals surface area contributed by atoms with Gasteiger partial charge in [-0.15, -0.1) is 0 Å². The summed E-state index contributed by atoms with van der Waals surface area (Å²) in [6, 6.07) is 31.5. The van der Waals surface area contributed by atoms with Crippen molar-refractivity contribution in [2.45, 2.75) is 25.3 Å². The maximum Gasteiger partial charge on any atom is 0.195 e. The summed E-state index contributed by atoms with van der Waals surface area (Å²) in [7, 11) is -2.23. The lowest BCUT2D eigenvalue weighted by Gasteiger charge is -2.33. The second kappa shape index (κ2) is 8.09. The van der Waals surface area contributed by atoms with Crippen molar-refractivity contribution in [1.29, 1.82) is 0 Å². The highest BCUT2D eigenvalue weighted by atomic mass is 79.9. The van der Waals surface area contributed by atoms with Crippen molar-refractivity contribution in [3.8, 4) is 0 Å². The Morgan fingerprint density at radius 2 is 1.00 bits per heavy atom. The van der Waals surface area contributed by atoms with Crippen LogP contribution in [0.1, 0.15) is 20.8 Å². The fourth-order valence-electron chi connectivity index (χ4n) is 3.36. The molecular weight excluding hydrogens is 415 g/mol. The zero-order valence-corrected chi connectivity index (χ0v) is 18.5. The number of hydrogen-bond acceptors (Lipinski definition) is 1. The molecule has 1 nitrogen and oxygen atoms in total. The van der Waals surface area contributed by atoms with E-state index in [2.05, 4.69) is 88.7 Å². The normalized spacial score (nSPS) is 13.2. The van der Waals surface area contributed by atoms with Crippen molar-refractivity contribution in [2.75, 3.05) is 0 Å². The molecule has 0 aromatic heterocycles. The van der Waals surface area contributed by atoms with Gasteiger partial charge in [-0.2, -0.15) is 0 Å². The molecule has 0 fully saturated rings. The van der Waals surface area contributed by atoms with Crippen LogP contribution in [0.3, 0.4) is 0 Å². The molecule has 0 spiro atoms. The Balaban J connectivity index is 2.38. The first-order chi connectivity index (χ1) is 12.9. The number of carbonyl (C=O) groups excluding carboxylic acids is 1. The third-order valence-electron chi connectivity index (χ3n) is 4.79. The molecule has 0 N–H and O–H groups in total. The first-order valence-corrected chi connectivity index (χ1v) is 11.9. The molecule has 3 heteroatoms. The van der Waals surface area contributed by atoms with E-state index in [4.69, 9.17) is 0 Å². The Morgan fingerprint density at radius 1 is 0.704 bits per heavy atom. The summed E-state index contributed by atoms with van der Waals surface area (Å²) in [6.45, 7) is 6.00. The topological polar surface area (TPSA) is 17.1 Å². The van der Waals surface area contributed by atoms with Crippen LogP contribution in [0.25, 0.3) is 0 Å². The number of rotatable bonds is 5. The molecule has 0 amide bonds. The molecule has 0 radical (unpaired) electrons. The number of ketones is 1. The van der Waals surface area contributed by atoms with E-state index in [0.717, 1.165) is 0 Å². The molecule has 0 saturated heterocycles. The molecule has 3 aromatic rings. The van der Waals surface area contributed by atoms with Crippen LogP contribution in [-0.4, -0.2) is 10.4 Å². The summed E-state index contributed by atoms with van der Waals surface area (Å²) >= 11 is 3.91.